The van der Waals surface area contributed by atoms with Crippen molar-refractivity contribution in [3.63, 3.8) is 0 Å². The summed E-state index contributed by atoms with van der Waals surface area (Å²) < 4.78 is 38.8. The molecule has 0 aliphatic heterocycles. The Kier molecular flexibility index (Phi) is 7.35. The highest BCUT2D eigenvalue weighted by molar-refractivity contribution is 7.91. The fraction of sp³-hybridized carbons (Fsp3) is 0.667. The number of hydrogen-bond acceptors (Lipinski definition) is 5. The van der Waals surface area contributed by atoms with Crippen molar-refractivity contribution < 1.29 is 24.4 Å². The summed E-state index contributed by atoms with van der Waals surface area (Å²) >= 11 is 0. The number of hydrogen-bond donors (Lipinski definition) is 2. The predicted octanol–water partition coefficient (Wildman–Crippen LogP) is 3.99. The van der Waals surface area contributed by atoms with E-state index in [0.29, 0.717) is 0 Å². The lowest BCUT2D eigenvalue weighted by Gasteiger charge is -2.21. The van der Waals surface area contributed by atoms with E-state index >= 15 is 0 Å². The van der Waals surface area contributed by atoms with Gasteiger partial charge < -0.3 is 15.2 Å². The van der Waals surface area contributed by atoms with E-state index in [-0.39, 0.29) is 41.1 Å². The number of rotatable bonds is 7. The predicted molar refractivity (Wildman–Crippen MR) is 109 cm³/mol. The molecule has 1 aromatic rings. The molecule has 2 rings (SSSR count). The van der Waals surface area contributed by atoms with Crippen LogP contribution in [0.3, 0.4) is 0 Å². The first-order chi connectivity index (χ1) is 13.5. The molecule has 1 aliphatic carbocycles. The number of carbonyl (C=O) groups is 1. The number of amides is 1. The number of benzene rings is 1. The molecule has 0 heterocycles. The van der Waals surface area contributed by atoms with Gasteiger partial charge in [-0.05, 0) is 63.6 Å². The molecule has 1 atom stereocenters. The highest BCUT2D eigenvalue weighted by Crippen LogP contribution is 2.28. The molecule has 158 valence electrons. The van der Waals surface area contributed by atoms with Crippen LogP contribution in [0.4, 0.5) is 4.79 Å². The first kappa shape index (κ1) is 21.1. The number of alkyl carbamates (subject to hydrolysis) is 1. The lowest BCUT2D eigenvalue weighted by Crippen LogP contribution is -2.33. The van der Waals surface area contributed by atoms with E-state index in [1.165, 1.54) is 18.2 Å². The van der Waals surface area contributed by atoms with Crippen LogP contribution in [0.25, 0.3) is 0 Å². The third-order valence-electron chi connectivity index (χ3n) is 4.78. The standard InChI is InChI=1S/C21H33NO5S/c1-21(2,3)27-20(24)22-13-12-19(23)17-10-7-11-18(14-17)28(25,26)15-16-8-5-4-6-9-16/h7,10-11,14,16,19,23H,4-6,8-9,12-13,15H2,1-3H3,(H,22,24)/i10D. The van der Waals surface area contributed by atoms with Crippen LogP contribution in [-0.2, 0) is 14.6 Å². The molecule has 1 saturated carbocycles. The second kappa shape index (κ2) is 9.74. The smallest absolute Gasteiger partial charge is 0.407 e. The average Bonchev–Trinajstić information content (AvgIpc) is 2.60. The Morgan fingerprint density at radius 3 is 2.68 bits per heavy atom. The number of aliphatic hydroxyl groups is 1. The van der Waals surface area contributed by atoms with E-state index in [1.54, 1.807) is 20.8 Å². The Morgan fingerprint density at radius 2 is 2.04 bits per heavy atom. The molecule has 7 heteroatoms. The van der Waals surface area contributed by atoms with Gasteiger partial charge in [0.25, 0.3) is 0 Å². The first-order valence-electron chi connectivity index (χ1n) is 10.5. The molecule has 1 fully saturated rings. The minimum atomic E-state index is -3.47. The van der Waals surface area contributed by atoms with Gasteiger partial charge in [0.2, 0.25) is 0 Å². The molecule has 1 unspecified atom stereocenters. The number of carbonyl (C=O) groups excluding carboxylic acids is 1. The van der Waals surface area contributed by atoms with Crippen LogP contribution >= 0.6 is 0 Å². The molecule has 0 spiro atoms. The van der Waals surface area contributed by atoms with Crippen LogP contribution in [-0.4, -0.2) is 37.5 Å². The molecule has 1 aliphatic rings. The molecule has 2 N–H and O–H groups in total. The Hall–Kier alpha value is -1.60. The first-order valence-corrected chi connectivity index (χ1v) is 11.6. The molecule has 28 heavy (non-hydrogen) atoms. The normalized spacial score (nSPS) is 17.6. The van der Waals surface area contributed by atoms with E-state index in [4.69, 9.17) is 6.11 Å². The van der Waals surface area contributed by atoms with Crippen LogP contribution in [0.1, 0.15) is 72.3 Å². The molecule has 1 amide bonds. The van der Waals surface area contributed by atoms with Gasteiger partial charge in [-0.1, -0.05) is 31.4 Å². The van der Waals surface area contributed by atoms with Crippen LogP contribution in [0.2, 0.25) is 0 Å². The van der Waals surface area contributed by atoms with Gasteiger partial charge in [-0.25, -0.2) is 13.2 Å². The fourth-order valence-electron chi connectivity index (χ4n) is 3.39. The summed E-state index contributed by atoms with van der Waals surface area (Å²) in [7, 11) is -3.47. The summed E-state index contributed by atoms with van der Waals surface area (Å²) in [6, 6.07) is 4.33. The second-order valence-electron chi connectivity index (χ2n) is 8.50. The summed E-state index contributed by atoms with van der Waals surface area (Å²) in [6.45, 7) is 5.42. The lowest BCUT2D eigenvalue weighted by molar-refractivity contribution is 0.0518. The van der Waals surface area contributed by atoms with Gasteiger partial charge in [-0.15, -0.1) is 0 Å². The summed E-state index contributed by atoms with van der Waals surface area (Å²) in [4.78, 5) is 11.8. The van der Waals surface area contributed by atoms with Crippen LogP contribution in [0.15, 0.2) is 29.1 Å². The molecular weight excluding hydrogens is 378 g/mol. The van der Waals surface area contributed by atoms with Gasteiger partial charge in [-0.3, -0.25) is 0 Å². The quantitative estimate of drug-likeness (QED) is 0.706. The van der Waals surface area contributed by atoms with E-state index in [9.17, 15) is 18.3 Å². The minimum Gasteiger partial charge on any atom is -0.444 e. The molecule has 1 aromatic carbocycles. The Morgan fingerprint density at radius 1 is 1.36 bits per heavy atom. The van der Waals surface area contributed by atoms with Gasteiger partial charge in [0, 0.05) is 6.54 Å². The monoisotopic (exact) mass is 412 g/mol. The highest BCUT2D eigenvalue weighted by atomic mass is 32.2. The number of aliphatic hydroxyl groups excluding tert-OH is 1. The van der Waals surface area contributed by atoms with Crippen molar-refractivity contribution in [3.8, 4) is 0 Å². The lowest BCUT2D eigenvalue weighted by atomic mass is 9.91. The van der Waals surface area contributed by atoms with Crippen LogP contribution in [0, 0.1) is 5.92 Å². The fourth-order valence-corrected chi connectivity index (χ4v) is 5.12. The number of sulfone groups is 1. The Balaban J connectivity index is 2.00. The molecule has 0 bridgehead atoms. The van der Waals surface area contributed by atoms with Crippen molar-refractivity contribution in [1.29, 1.82) is 0 Å². The second-order valence-corrected chi connectivity index (χ2v) is 10.5. The van der Waals surface area contributed by atoms with Crippen molar-refractivity contribution in [2.75, 3.05) is 12.3 Å². The third-order valence-corrected chi connectivity index (χ3v) is 6.66. The van der Waals surface area contributed by atoms with Crippen molar-refractivity contribution in [3.05, 3.63) is 29.8 Å². The topological polar surface area (TPSA) is 92.7 Å². The zero-order chi connectivity index (χ0) is 21.7. The summed E-state index contributed by atoms with van der Waals surface area (Å²) in [6.07, 6.45) is 3.68. The van der Waals surface area contributed by atoms with Crippen LogP contribution in [0.5, 0.6) is 0 Å². The minimum absolute atomic E-state index is 0.0754. The summed E-state index contributed by atoms with van der Waals surface area (Å²) in [5.74, 6) is 0.288. The average molecular weight is 413 g/mol. The van der Waals surface area contributed by atoms with E-state index in [0.717, 1.165) is 32.1 Å². The molecule has 0 radical (unpaired) electrons. The van der Waals surface area contributed by atoms with Crippen molar-refractivity contribution in [2.45, 2.75) is 75.9 Å². The molecular formula is C21H33NO5S. The van der Waals surface area contributed by atoms with Gasteiger partial charge in [-0.2, -0.15) is 0 Å². The van der Waals surface area contributed by atoms with Gasteiger partial charge in [0.1, 0.15) is 5.60 Å². The zero-order valence-corrected chi connectivity index (χ0v) is 17.8. The van der Waals surface area contributed by atoms with Gasteiger partial charge in [0.15, 0.2) is 9.84 Å². The summed E-state index contributed by atoms with van der Waals surface area (Å²) in [5, 5.41) is 13.0. The zero-order valence-electron chi connectivity index (χ0n) is 18.0. The number of nitrogens with one attached hydrogen (secondary N) is 1. The van der Waals surface area contributed by atoms with E-state index in [1.807, 2.05) is 0 Å². The van der Waals surface area contributed by atoms with Crippen molar-refractivity contribution in [1.82, 2.24) is 5.32 Å². The third kappa shape index (κ3) is 7.43. The maximum absolute atomic E-state index is 12.8. The van der Waals surface area contributed by atoms with Gasteiger partial charge >= 0.3 is 6.09 Å². The summed E-state index contributed by atoms with van der Waals surface area (Å²) in [5.41, 5.74) is -0.362. The van der Waals surface area contributed by atoms with E-state index in [2.05, 4.69) is 5.32 Å². The molecule has 0 aromatic heterocycles. The van der Waals surface area contributed by atoms with Crippen molar-refractivity contribution >= 4 is 15.9 Å². The Bertz CT molecular complexity index is 798. The number of ether oxygens (including phenoxy) is 1. The SMILES string of the molecule is [2H]c1ccc(S(=O)(=O)CC2CCCCC2)cc1C(O)CCNC(=O)OC(C)(C)C. The van der Waals surface area contributed by atoms with Crippen molar-refractivity contribution in [2.24, 2.45) is 5.92 Å². The highest BCUT2D eigenvalue weighted by Gasteiger charge is 2.24. The largest absolute Gasteiger partial charge is 0.444 e. The molecule has 0 saturated heterocycles. The molecule has 6 nitrogen and oxygen atoms in total. The van der Waals surface area contributed by atoms with Gasteiger partial charge in [0.05, 0.1) is 18.1 Å². The maximum Gasteiger partial charge on any atom is 0.407 e. The van der Waals surface area contributed by atoms with Crippen LogP contribution < -0.4 is 5.32 Å². The van der Waals surface area contributed by atoms with E-state index < -0.39 is 27.6 Å². The maximum atomic E-state index is 12.8. The Labute approximate surface area is 170 Å².